The molecule has 9 heteroatoms. The fraction of sp³-hybridized carbons (Fsp3) is 0.111. The van der Waals surface area contributed by atoms with Crippen LogP contribution in [-0.2, 0) is 4.79 Å². The lowest BCUT2D eigenvalue weighted by Gasteiger charge is -2.13. The minimum Gasteiger partial charge on any atom is -0.493 e. The molecule has 0 saturated carbocycles. The maximum atomic E-state index is 12.7. The molecule has 0 heterocycles. The van der Waals surface area contributed by atoms with E-state index in [2.05, 4.69) is 10.1 Å². The molecule has 2 rings (SSSR count). The van der Waals surface area contributed by atoms with Crippen molar-refractivity contribution in [1.82, 2.24) is 0 Å². The van der Waals surface area contributed by atoms with Crippen LogP contribution in [0.15, 0.2) is 42.0 Å². The van der Waals surface area contributed by atoms with Crippen LogP contribution < -0.4 is 14.8 Å². The van der Waals surface area contributed by atoms with Crippen molar-refractivity contribution < 1.29 is 23.0 Å². The number of carbonyl (C=O) groups excluding carboxylic acids is 1. The molecule has 0 atom stereocenters. The Morgan fingerprint density at radius 2 is 1.85 bits per heavy atom. The smallest absolute Gasteiger partial charge is 0.387 e. The van der Waals surface area contributed by atoms with Gasteiger partial charge in [-0.2, -0.15) is 14.0 Å². The minimum atomic E-state index is -3.12. The molecule has 0 aromatic heterocycles. The van der Waals surface area contributed by atoms with Gasteiger partial charge >= 0.3 is 6.61 Å². The Kier molecular flexibility index (Phi) is 6.99. The number of benzene rings is 2. The Hall–Kier alpha value is -2.82. The van der Waals surface area contributed by atoms with Crippen molar-refractivity contribution in [3.8, 4) is 17.6 Å². The Morgan fingerprint density at radius 1 is 1.22 bits per heavy atom. The zero-order valence-electron chi connectivity index (χ0n) is 13.8. The summed E-state index contributed by atoms with van der Waals surface area (Å²) in [4.78, 5) is 12.4. The second-order valence-corrected chi connectivity index (χ2v) is 5.79. The van der Waals surface area contributed by atoms with Crippen molar-refractivity contribution >= 4 is 40.9 Å². The molecule has 0 radical (unpaired) electrons. The van der Waals surface area contributed by atoms with Gasteiger partial charge in [-0.05, 0) is 24.3 Å². The first kappa shape index (κ1) is 20.5. The molecule has 0 spiro atoms. The Morgan fingerprint density at radius 3 is 2.41 bits per heavy atom. The van der Waals surface area contributed by atoms with Gasteiger partial charge in [-0.25, -0.2) is 0 Å². The summed E-state index contributed by atoms with van der Waals surface area (Å²) in [6.45, 7) is -3.12. The van der Waals surface area contributed by atoms with E-state index < -0.39 is 12.5 Å². The number of anilines is 1. The fourth-order valence-corrected chi connectivity index (χ4v) is 2.62. The fourth-order valence-electron chi connectivity index (χ4n) is 2.12. The Labute approximate surface area is 163 Å². The summed E-state index contributed by atoms with van der Waals surface area (Å²) in [5.41, 5.74) is -0.188. The molecule has 0 aliphatic rings. The molecular formula is C18H12Cl2F2N2O3. The number of hydrogen-bond donors (Lipinski definition) is 1. The highest BCUT2D eigenvalue weighted by Crippen LogP contribution is 2.34. The summed E-state index contributed by atoms with van der Waals surface area (Å²) in [7, 11) is 1.28. The van der Waals surface area contributed by atoms with E-state index in [0.717, 1.165) is 6.08 Å². The number of rotatable bonds is 6. The summed E-state index contributed by atoms with van der Waals surface area (Å²) in [5.74, 6) is -1.10. The van der Waals surface area contributed by atoms with E-state index in [1.54, 1.807) is 12.1 Å². The minimum absolute atomic E-state index is 0.0240. The van der Waals surface area contributed by atoms with Gasteiger partial charge in [0.2, 0.25) is 0 Å². The molecule has 0 saturated heterocycles. The monoisotopic (exact) mass is 412 g/mol. The van der Waals surface area contributed by atoms with E-state index in [4.69, 9.17) is 27.9 Å². The average molecular weight is 413 g/mol. The summed E-state index contributed by atoms with van der Waals surface area (Å²) in [5, 5.41) is 12.1. The van der Waals surface area contributed by atoms with E-state index in [9.17, 15) is 18.8 Å². The zero-order valence-corrected chi connectivity index (χ0v) is 15.3. The van der Waals surface area contributed by atoms with Gasteiger partial charge in [0.15, 0.2) is 11.5 Å². The maximum absolute atomic E-state index is 12.7. The Balaban J connectivity index is 2.41. The van der Waals surface area contributed by atoms with Crippen LogP contribution in [0.1, 0.15) is 5.56 Å². The van der Waals surface area contributed by atoms with Crippen molar-refractivity contribution in [2.45, 2.75) is 6.61 Å². The number of ether oxygens (including phenoxy) is 2. The van der Waals surface area contributed by atoms with Gasteiger partial charge in [0.05, 0.1) is 22.8 Å². The number of nitriles is 1. The number of amides is 1. The number of carbonyl (C=O) groups is 1. The second kappa shape index (κ2) is 9.21. The summed E-state index contributed by atoms with van der Waals surface area (Å²) >= 11 is 12.0. The predicted octanol–water partition coefficient (Wildman–Crippen LogP) is 5.15. The molecule has 2 aromatic rings. The molecule has 0 aliphatic carbocycles. The van der Waals surface area contributed by atoms with Gasteiger partial charge in [0.25, 0.3) is 5.91 Å². The predicted molar refractivity (Wildman–Crippen MR) is 98.3 cm³/mol. The van der Waals surface area contributed by atoms with Gasteiger partial charge in [-0.1, -0.05) is 41.4 Å². The van der Waals surface area contributed by atoms with Crippen LogP contribution in [0.4, 0.5) is 14.5 Å². The SMILES string of the molecule is COc1cccc(/C=C(\C#N)C(=O)Nc2c(Cl)cccc2Cl)c1OC(F)F. The highest BCUT2D eigenvalue weighted by molar-refractivity contribution is 6.40. The van der Waals surface area contributed by atoms with Gasteiger partial charge in [0, 0.05) is 5.56 Å². The number of hydrogen-bond acceptors (Lipinski definition) is 4. The molecule has 1 N–H and O–H groups in total. The Bertz CT molecular complexity index is 907. The molecule has 0 bridgehead atoms. The molecule has 27 heavy (non-hydrogen) atoms. The first-order valence-corrected chi connectivity index (χ1v) is 8.12. The van der Waals surface area contributed by atoms with Crippen molar-refractivity contribution in [3.63, 3.8) is 0 Å². The van der Waals surface area contributed by atoms with Gasteiger partial charge in [-0.3, -0.25) is 4.79 Å². The van der Waals surface area contributed by atoms with Crippen LogP contribution in [0.5, 0.6) is 11.5 Å². The standard InChI is InChI=1S/C18H12Cl2F2N2O3/c1-26-14-7-2-4-10(16(14)27-18(21)22)8-11(9-23)17(25)24-15-12(19)5-3-6-13(15)20/h2-8,18H,1H3,(H,24,25)/b11-8+. The van der Waals surface area contributed by atoms with Crippen LogP contribution in [0.2, 0.25) is 10.0 Å². The molecule has 0 fully saturated rings. The quantitative estimate of drug-likeness (QED) is 0.525. The number of methoxy groups -OCH3 is 1. The second-order valence-electron chi connectivity index (χ2n) is 4.98. The highest BCUT2D eigenvalue weighted by Gasteiger charge is 2.18. The van der Waals surface area contributed by atoms with Gasteiger partial charge in [-0.15, -0.1) is 0 Å². The number of para-hydroxylation sites is 2. The average Bonchev–Trinajstić information content (AvgIpc) is 2.63. The number of nitrogens with one attached hydrogen (secondary N) is 1. The van der Waals surface area contributed by atoms with Crippen LogP contribution in [0, 0.1) is 11.3 Å². The topological polar surface area (TPSA) is 71.3 Å². The lowest BCUT2D eigenvalue weighted by molar-refractivity contribution is -0.112. The van der Waals surface area contributed by atoms with E-state index >= 15 is 0 Å². The normalized spacial score (nSPS) is 11.1. The molecule has 0 aliphatic heterocycles. The highest BCUT2D eigenvalue weighted by atomic mass is 35.5. The summed E-state index contributed by atoms with van der Waals surface area (Å²) in [6.07, 6.45) is 1.10. The van der Waals surface area contributed by atoms with Gasteiger partial charge < -0.3 is 14.8 Å². The largest absolute Gasteiger partial charge is 0.493 e. The first-order chi connectivity index (χ1) is 12.9. The lowest BCUT2D eigenvalue weighted by Crippen LogP contribution is -2.14. The molecule has 2 aromatic carbocycles. The number of alkyl halides is 2. The molecular weight excluding hydrogens is 401 g/mol. The third-order valence-corrected chi connectivity index (χ3v) is 3.93. The van der Waals surface area contributed by atoms with E-state index in [1.807, 2.05) is 0 Å². The maximum Gasteiger partial charge on any atom is 0.387 e. The molecule has 1 amide bonds. The summed E-state index contributed by atoms with van der Waals surface area (Å²) in [6, 6.07) is 10.6. The zero-order chi connectivity index (χ0) is 20.0. The lowest BCUT2D eigenvalue weighted by atomic mass is 10.1. The number of nitrogens with zero attached hydrogens (tertiary/aromatic N) is 1. The van der Waals surface area contributed by atoms with Crippen LogP contribution in [-0.4, -0.2) is 19.6 Å². The molecule has 140 valence electrons. The third kappa shape index (κ3) is 5.09. The van der Waals surface area contributed by atoms with E-state index in [0.29, 0.717) is 0 Å². The van der Waals surface area contributed by atoms with E-state index in [-0.39, 0.29) is 38.4 Å². The first-order valence-electron chi connectivity index (χ1n) is 7.36. The van der Waals surface area contributed by atoms with Crippen molar-refractivity contribution in [2.24, 2.45) is 0 Å². The molecule has 5 nitrogen and oxygen atoms in total. The third-order valence-electron chi connectivity index (χ3n) is 3.30. The van der Waals surface area contributed by atoms with Gasteiger partial charge in [0.1, 0.15) is 11.6 Å². The van der Waals surface area contributed by atoms with Crippen LogP contribution in [0.3, 0.4) is 0 Å². The molecule has 0 unspecified atom stereocenters. The summed E-state index contributed by atoms with van der Waals surface area (Å²) < 4.78 is 34.8. The van der Waals surface area contributed by atoms with Crippen LogP contribution in [0.25, 0.3) is 6.08 Å². The number of halogens is 4. The van der Waals surface area contributed by atoms with Crippen molar-refractivity contribution in [3.05, 3.63) is 57.6 Å². The van der Waals surface area contributed by atoms with Crippen molar-refractivity contribution in [2.75, 3.05) is 12.4 Å². The van der Waals surface area contributed by atoms with Crippen molar-refractivity contribution in [1.29, 1.82) is 5.26 Å². The van der Waals surface area contributed by atoms with Crippen LogP contribution >= 0.6 is 23.2 Å². The van der Waals surface area contributed by atoms with E-state index in [1.165, 1.54) is 37.4 Å².